The summed E-state index contributed by atoms with van der Waals surface area (Å²) in [6.45, 7) is 5.20. The molecule has 1 rings (SSSR count). The number of hydrogen-bond donors (Lipinski definition) is 2. The zero-order valence-electron chi connectivity index (χ0n) is 12.6. The first-order valence-corrected chi connectivity index (χ1v) is 7.77. The maximum atomic E-state index is 10.7. The highest BCUT2D eigenvalue weighted by molar-refractivity contribution is 7.80. The molecule has 0 aliphatic heterocycles. The number of rotatable bonds is 8. The van der Waals surface area contributed by atoms with E-state index in [2.05, 4.69) is 24.5 Å². The Morgan fingerprint density at radius 3 is 2.81 bits per heavy atom. The Labute approximate surface area is 131 Å². The molecule has 0 aliphatic rings. The van der Waals surface area contributed by atoms with Gasteiger partial charge >= 0.3 is 0 Å². The third-order valence-corrected chi connectivity index (χ3v) is 3.66. The van der Waals surface area contributed by atoms with E-state index in [9.17, 15) is 10.1 Å². The van der Waals surface area contributed by atoms with Gasteiger partial charge in [0, 0.05) is 24.4 Å². The molecule has 0 amide bonds. The van der Waals surface area contributed by atoms with Gasteiger partial charge in [0.25, 0.3) is 5.69 Å². The molecule has 0 aromatic heterocycles. The van der Waals surface area contributed by atoms with E-state index < -0.39 is 4.92 Å². The minimum atomic E-state index is -0.417. The smallest absolute Gasteiger partial charge is 0.271 e. The molecule has 0 spiro atoms. The fraction of sp³-hybridized carbons (Fsp3) is 0.533. The lowest BCUT2D eigenvalue weighted by atomic mass is 9.99. The van der Waals surface area contributed by atoms with Gasteiger partial charge in [0.05, 0.1) is 4.92 Å². The molecule has 1 aromatic carbocycles. The number of hydrogen-bond acceptors (Lipinski definition) is 3. The number of nitro benzene ring substituents is 1. The average molecular weight is 309 g/mol. The molecule has 1 atom stereocenters. The topological polar surface area (TPSA) is 67.2 Å². The Hall–Kier alpha value is -1.69. The van der Waals surface area contributed by atoms with Crippen molar-refractivity contribution in [1.29, 1.82) is 0 Å². The Morgan fingerprint density at radius 2 is 2.19 bits per heavy atom. The second kappa shape index (κ2) is 9.28. The van der Waals surface area contributed by atoms with E-state index in [0.29, 0.717) is 16.7 Å². The van der Waals surface area contributed by atoms with Gasteiger partial charge in [-0.05, 0) is 30.6 Å². The van der Waals surface area contributed by atoms with E-state index in [1.54, 1.807) is 12.1 Å². The lowest BCUT2D eigenvalue weighted by Gasteiger charge is -2.17. The molecular formula is C15H23N3O2S. The summed E-state index contributed by atoms with van der Waals surface area (Å²) in [5, 5.41) is 17.4. The monoisotopic (exact) mass is 309 g/mol. The van der Waals surface area contributed by atoms with Crippen LogP contribution < -0.4 is 10.6 Å². The Morgan fingerprint density at radius 1 is 1.43 bits per heavy atom. The summed E-state index contributed by atoms with van der Waals surface area (Å²) < 4.78 is 0. The van der Waals surface area contributed by atoms with Crippen LogP contribution in [0.15, 0.2) is 24.3 Å². The Balaban J connectivity index is 2.46. The molecule has 0 saturated carbocycles. The van der Waals surface area contributed by atoms with Crippen molar-refractivity contribution >= 4 is 28.7 Å². The summed E-state index contributed by atoms with van der Waals surface area (Å²) in [7, 11) is 0. The predicted octanol–water partition coefficient (Wildman–Crippen LogP) is 4.10. The van der Waals surface area contributed by atoms with Crippen molar-refractivity contribution in [3.63, 3.8) is 0 Å². The molecule has 2 N–H and O–H groups in total. The number of unbranched alkanes of at least 4 members (excludes halogenated alkanes) is 1. The molecular weight excluding hydrogens is 286 g/mol. The largest absolute Gasteiger partial charge is 0.362 e. The number of nitrogens with zero attached hydrogens (tertiary/aromatic N) is 1. The standard InChI is InChI=1S/C15H23N3O2S/c1-3-5-7-12(4-2)11-16-15(21)17-13-8-6-9-14(10-13)18(19)20/h6,8-10,12H,3-5,7,11H2,1-2H3,(H2,16,17,21). The molecule has 0 bridgehead atoms. The quantitative estimate of drug-likeness (QED) is 0.430. The molecule has 0 aliphatic carbocycles. The van der Waals surface area contributed by atoms with Crippen molar-refractivity contribution in [2.45, 2.75) is 39.5 Å². The van der Waals surface area contributed by atoms with Crippen molar-refractivity contribution < 1.29 is 4.92 Å². The Bertz CT molecular complexity index is 480. The van der Waals surface area contributed by atoms with E-state index in [1.165, 1.54) is 31.4 Å². The van der Waals surface area contributed by atoms with Gasteiger partial charge in [-0.3, -0.25) is 10.1 Å². The lowest BCUT2D eigenvalue weighted by Crippen LogP contribution is -2.32. The highest BCUT2D eigenvalue weighted by Gasteiger charge is 2.08. The summed E-state index contributed by atoms with van der Waals surface area (Å²) in [5.74, 6) is 0.606. The molecule has 0 saturated heterocycles. The van der Waals surface area contributed by atoms with Crippen molar-refractivity contribution in [2.24, 2.45) is 5.92 Å². The van der Waals surface area contributed by atoms with E-state index in [0.717, 1.165) is 13.0 Å². The van der Waals surface area contributed by atoms with Crippen LogP contribution in [0.1, 0.15) is 39.5 Å². The number of nitro groups is 1. The van der Waals surface area contributed by atoms with Crippen LogP contribution >= 0.6 is 12.2 Å². The first-order chi connectivity index (χ1) is 10.1. The Kier molecular flexibility index (Phi) is 7.68. The molecule has 1 unspecified atom stereocenters. The number of thiocarbonyl (C=S) groups is 1. The molecule has 0 radical (unpaired) electrons. The molecule has 21 heavy (non-hydrogen) atoms. The van der Waals surface area contributed by atoms with Crippen molar-refractivity contribution in [2.75, 3.05) is 11.9 Å². The van der Waals surface area contributed by atoms with Gasteiger partial charge in [0.1, 0.15) is 0 Å². The first kappa shape index (κ1) is 17.4. The van der Waals surface area contributed by atoms with Crippen LogP contribution in [0.5, 0.6) is 0 Å². The van der Waals surface area contributed by atoms with Gasteiger partial charge in [-0.15, -0.1) is 0 Å². The van der Waals surface area contributed by atoms with Crippen LogP contribution in [0.3, 0.4) is 0 Å². The third kappa shape index (κ3) is 6.53. The van der Waals surface area contributed by atoms with Crippen LogP contribution in [0.4, 0.5) is 11.4 Å². The minimum absolute atomic E-state index is 0.0529. The fourth-order valence-electron chi connectivity index (χ4n) is 2.05. The fourth-order valence-corrected chi connectivity index (χ4v) is 2.25. The average Bonchev–Trinajstić information content (AvgIpc) is 2.47. The van der Waals surface area contributed by atoms with Gasteiger partial charge in [-0.1, -0.05) is 39.2 Å². The van der Waals surface area contributed by atoms with Gasteiger partial charge in [0.2, 0.25) is 0 Å². The highest BCUT2D eigenvalue weighted by Crippen LogP contribution is 2.17. The molecule has 0 fully saturated rings. The van der Waals surface area contributed by atoms with Crippen LogP contribution in [-0.2, 0) is 0 Å². The van der Waals surface area contributed by atoms with Gasteiger partial charge in [-0.2, -0.15) is 0 Å². The third-order valence-electron chi connectivity index (χ3n) is 3.41. The van der Waals surface area contributed by atoms with Crippen molar-refractivity contribution in [3.05, 3.63) is 34.4 Å². The molecule has 0 heterocycles. The second-order valence-electron chi connectivity index (χ2n) is 5.06. The van der Waals surface area contributed by atoms with Gasteiger partial charge in [0.15, 0.2) is 5.11 Å². The maximum absolute atomic E-state index is 10.7. The van der Waals surface area contributed by atoms with Crippen LogP contribution in [0.2, 0.25) is 0 Å². The van der Waals surface area contributed by atoms with Crippen molar-refractivity contribution in [1.82, 2.24) is 5.32 Å². The summed E-state index contributed by atoms with van der Waals surface area (Å²) >= 11 is 5.23. The molecule has 5 nitrogen and oxygen atoms in total. The lowest BCUT2D eigenvalue weighted by molar-refractivity contribution is -0.384. The van der Waals surface area contributed by atoms with E-state index >= 15 is 0 Å². The zero-order chi connectivity index (χ0) is 15.7. The van der Waals surface area contributed by atoms with Crippen LogP contribution in [-0.4, -0.2) is 16.6 Å². The van der Waals surface area contributed by atoms with Crippen molar-refractivity contribution in [3.8, 4) is 0 Å². The van der Waals surface area contributed by atoms with Gasteiger partial charge in [-0.25, -0.2) is 0 Å². The highest BCUT2D eigenvalue weighted by atomic mass is 32.1. The van der Waals surface area contributed by atoms with Crippen LogP contribution in [0, 0.1) is 16.0 Å². The van der Waals surface area contributed by atoms with E-state index in [-0.39, 0.29) is 5.69 Å². The van der Waals surface area contributed by atoms with E-state index in [4.69, 9.17) is 12.2 Å². The number of non-ortho nitro benzene ring substituents is 1. The SMILES string of the molecule is CCCCC(CC)CNC(=S)Nc1cccc([N+](=O)[O-])c1. The normalized spacial score (nSPS) is 11.7. The second-order valence-corrected chi connectivity index (χ2v) is 5.47. The minimum Gasteiger partial charge on any atom is -0.362 e. The van der Waals surface area contributed by atoms with Gasteiger partial charge < -0.3 is 10.6 Å². The summed E-state index contributed by atoms with van der Waals surface area (Å²) in [4.78, 5) is 10.3. The van der Waals surface area contributed by atoms with E-state index in [1.807, 2.05) is 0 Å². The number of anilines is 1. The first-order valence-electron chi connectivity index (χ1n) is 7.36. The summed E-state index contributed by atoms with van der Waals surface area (Å²) in [6.07, 6.45) is 4.74. The maximum Gasteiger partial charge on any atom is 0.271 e. The number of nitrogens with one attached hydrogen (secondary N) is 2. The zero-order valence-corrected chi connectivity index (χ0v) is 13.4. The predicted molar refractivity (Wildman–Crippen MR) is 90.6 cm³/mol. The molecule has 1 aromatic rings. The summed E-state index contributed by atoms with van der Waals surface area (Å²) in [6, 6.07) is 6.33. The molecule has 6 heteroatoms. The molecule has 116 valence electrons. The van der Waals surface area contributed by atoms with Crippen LogP contribution in [0.25, 0.3) is 0 Å². The summed E-state index contributed by atoms with van der Waals surface area (Å²) in [5.41, 5.74) is 0.681. The number of benzene rings is 1.